The summed E-state index contributed by atoms with van der Waals surface area (Å²) in [6.07, 6.45) is 1.56. The predicted molar refractivity (Wildman–Crippen MR) is 73.9 cm³/mol. The van der Waals surface area contributed by atoms with Gasteiger partial charge in [-0.2, -0.15) is 4.98 Å². The molecule has 3 aliphatic heterocycles. The molecule has 7 heteroatoms. The fraction of sp³-hybridized carbons (Fsp3) is 0.667. The number of piperazine rings is 3. The lowest BCUT2D eigenvalue weighted by atomic mass is 10.1. The first kappa shape index (κ1) is 12.9. The molecule has 2 bridgehead atoms. The van der Waals surface area contributed by atoms with Gasteiger partial charge in [0.25, 0.3) is 0 Å². The van der Waals surface area contributed by atoms with Gasteiger partial charge in [-0.1, -0.05) is 11.6 Å². The summed E-state index contributed by atoms with van der Waals surface area (Å²) in [6, 6.07) is 0.862. The quantitative estimate of drug-likeness (QED) is 0.871. The van der Waals surface area contributed by atoms with Crippen molar-refractivity contribution >= 4 is 17.4 Å². The lowest BCUT2D eigenvalue weighted by molar-refractivity contribution is 0.0189. The van der Waals surface area contributed by atoms with Crippen molar-refractivity contribution in [2.45, 2.75) is 6.04 Å². The molecule has 1 unspecified atom stereocenters. The van der Waals surface area contributed by atoms with Gasteiger partial charge in [0.2, 0.25) is 0 Å². The molecule has 0 saturated carbocycles. The first-order valence-corrected chi connectivity index (χ1v) is 6.91. The summed E-state index contributed by atoms with van der Waals surface area (Å²) in [4.78, 5) is 13.2. The fourth-order valence-corrected chi connectivity index (χ4v) is 2.86. The number of ether oxygens (including phenoxy) is 1. The Hall–Kier alpha value is -1.11. The van der Waals surface area contributed by atoms with Gasteiger partial charge in [-0.25, -0.2) is 4.98 Å². The Balaban J connectivity index is 1.63. The zero-order valence-electron chi connectivity index (χ0n) is 11.0. The van der Waals surface area contributed by atoms with Crippen LogP contribution in [0.3, 0.4) is 0 Å². The molecule has 1 atom stereocenters. The molecule has 1 N–H and O–H groups in total. The topological polar surface area (TPSA) is 53.5 Å². The molecular formula is C12H18ClN5O. The van der Waals surface area contributed by atoms with Crippen LogP contribution in [0.1, 0.15) is 0 Å². The zero-order valence-corrected chi connectivity index (χ0v) is 11.7. The first-order valence-electron chi connectivity index (χ1n) is 6.53. The van der Waals surface area contributed by atoms with Crippen LogP contribution in [0.15, 0.2) is 6.20 Å². The number of anilines is 1. The third kappa shape index (κ3) is 2.75. The number of nitrogens with one attached hydrogen (secondary N) is 1. The Bertz CT molecular complexity index is 450. The number of methoxy groups -OCH3 is 1. The number of aromatic nitrogens is 2. The van der Waals surface area contributed by atoms with Crippen LogP contribution in [-0.4, -0.2) is 72.2 Å². The van der Waals surface area contributed by atoms with E-state index < -0.39 is 0 Å². The summed E-state index contributed by atoms with van der Waals surface area (Å²) in [5, 5.41) is 3.84. The highest BCUT2D eigenvalue weighted by Crippen LogP contribution is 2.21. The molecule has 1 aromatic heterocycles. The highest BCUT2D eigenvalue weighted by molar-refractivity contribution is 6.32. The van der Waals surface area contributed by atoms with Gasteiger partial charge in [-0.15, -0.1) is 0 Å². The normalized spacial score (nSPS) is 29.3. The average molecular weight is 284 g/mol. The largest absolute Gasteiger partial charge is 0.467 e. The molecule has 4 heterocycles. The number of fused-ring (bicyclic) bond motifs is 3. The standard InChI is InChI=1S/C12H18ClN5O/c1-19-12-15-7-10(13)11(16-12)14-6-9-8-17-2-4-18(9)5-3-17/h7,9H,2-6,8H2,1H3,(H,14,15,16). The van der Waals surface area contributed by atoms with Crippen molar-refractivity contribution in [1.29, 1.82) is 0 Å². The highest BCUT2D eigenvalue weighted by atomic mass is 35.5. The van der Waals surface area contributed by atoms with Crippen LogP contribution in [0.2, 0.25) is 5.02 Å². The van der Waals surface area contributed by atoms with Gasteiger partial charge in [0.15, 0.2) is 5.82 Å². The van der Waals surface area contributed by atoms with E-state index in [1.165, 1.54) is 13.1 Å². The SMILES string of the molecule is COc1ncc(Cl)c(NCC2CN3CCN2CC3)n1. The molecule has 0 aromatic carbocycles. The highest BCUT2D eigenvalue weighted by Gasteiger charge is 2.31. The van der Waals surface area contributed by atoms with E-state index in [9.17, 15) is 0 Å². The van der Waals surface area contributed by atoms with Crippen LogP contribution in [0.25, 0.3) is 0 Å². The molecule has 3 aliphatic rings. The summed E-state index contributed by atoms with van der Waals surface area (Å²) in [7, 11) is 1.55. The van der Waals surface area contributed by atoms with Crippen molar-refractivity contribution in [2.24, 2.45) is 0 Å². The Morgan fingerprint density at radius 1 is 1.42 bits per heavy atom. The van der Waals surface area contributed by atoms with Crippen LogP contribution in [0.4, 0.5) is 5.82 Å². The predicted octanol–water partition coefficient (Wildman–Crippen LogP) is 0.550. The zero-order chi connectivity index (χ0) is 13.2. The number of hydrogen-bond donors (Lipinski definition) is 1. The van der Waals surface area contributed by atoms with E-state index in [0.29, 0.717) is 22.9 Å². The maximum absolute atomic E-state index is 6.08. The van der Waals surface area contributed by atoms with E-state index in [2.05, 4.69) is 25.1 Å². The summed E-state index contributed by atoms with van der Waals surface area (Å²) in [5.74, 6) is 0.645. The van der Waals surface area contributed by atoms with E-state index in [0.717, 1.165) is 26.2 Å². The minimum atomic E-state index is 0.334. The summed E-state index contributed by atoms with van der Waals surface area (Å²) >= 11 is 6.08. The smallest absolute Gasteiger partial charge is 0.318 e. The molecule has 3 saturated heterocycles. The number of hydrogen-bond acceptors (Lipinski definition) is 6. The second-order valence-electron chi connectivity index (χ2n) is 4.92. The maximum atomic E-state index is 6.08. The average Bonchev–Trinajstić information content (AvgIpc) is 2.48. The maximum Gasteiger partial charge on any atom is 0.318 e. The van der Waals surface area contributed by atoms with Gasteiger partial charge in [0.1, 0.15) is 5.02 Å². The van der Waals surface area contributed by atoms with Crippen molar-refractivity contribution in [2.75, 3.05) is 51.7 Å². The van der Waals surface area contributed by atoms with E-state index in [1.807, 2.05) is 0 Å². The van der Waals surface area contributed by atoms with Crippen molar-refractivity contribution in [1.82, 2.24) is 19.8 Å². The number of rotatable bonds is 4. The van der Waals surface area contributed by atoms with Crippen LogP contribution in [0, 0.1) is 0 Å². The Morgan fingerprint density at radius 3 is 2.84 bits per heavy atom. The molecule has 0 radical (unpaired) electrons. The molecule has 104 valence electrons. The van der Waals surface area contributed by atoms with E-state index in [1.54, 1.807) is 13.3 Å². The van der Waals surface area contributed by atoms with Crippen LogP contribution in [0.5, 0.6) is 6.01 Å². The second kappa shape index (κ2) is 5.48. The molecule has 1 aromatic rings. The third-order valence-corrected chi connectivity index (χ3v) is 4.08. The van der Waals surface area contributed by atoms with E-state index in [-0.39, 0.29) is 0 Å². The fourth-order valence-electron chi connectivity index (χ4n) is 2.71. The number of halogens is 1. The Kier molecular flexibility index (Phi) is 3.72. The minimum Gasteiger partial charge on any atom is -0.467 e. The summed E-state index contributed by atoms with van der Waals surface area (Å²) < 4.78 is 5.01. The lowest BCUT2D eigenvalue weighted by Gasteiger charge is -2.47. The van der Waals surface area contributed by atoms with Crippen molar-refractivity contribution in [3.63, 3.8) is 0 Å². The van der Waals surface area contributed by atoms with Gasteiger partial charge < -0.3 is 10.1 Å². The number of nitrogens with zero attached hydrogens (tertiary/aromatic N) is 4. The molecule has 0 amide bonds. The van der Waals surface area contributed by atoms with Crippen LogP contribution in [-0.2, 0) is 0 Å². The molecule has 0 aliphatic carbocycles. The monoisotopic (exact) mass is 283 g/mol. The molecule has 4 rings (SSSR count). The van der Waals surface area contributed by atoms with Gasteiger partial charge in [-0.05, 0) is 0 Å². The van der Waals surface area contributed by atoms with Gasteiger partial charge in [-0.3, -0.25) is 9.80 Å². The second-order valence-corrected chi connectivity index (χ2v) is 5.33. The first-order chi connectivity index (χ1) is 9.26. The van der Waals surface area contributed by atoms with Gasteiger partial charge >= 0.3 is 6.01 Å². The molecule has 3 fully saturated rings. The van der Waals surface area contributed by atoms with Gasteiger partial charge in [0, 0.05) is 45.3 Å². The Morgan fingerprint density at radius 2 is 2.21 bits per heavy atom. The molecule has 6 nitrogen and oxygen atoms in total. The third-order valence-electron chi connectivity index (χ3n) is 3.80. The summed E-state index contributed by atoms with van der Waals surface area (Å²) in [5.41, 5.74) is 0. The van der Waals surface area contributed by atoms with Gasteiger partial charge in [0.05, 0.1) is 13.3 Å². The van der Waals surface area contributed by atoms with Crippen molar-refractivity contribution in [3.05, 3.63) is 11.2 Å². The van der Waals surface area contributed by atoms with Crippen LogP contribution < -0.4 is 10.1 Å². The molecule has 19 heavy (non-hydrogen) atoms. The van der Waals surface area contributed by atoms with Crippen molar-refractivity contribution < 1.29 is 4.74 Å². The molecule has 0 spiro atoms. The van der Waals surface area contributed by atoms with Crippen LogP contribution >= 0.6 is 11.6 Å². The minimum absolute atomic E-state index is 0.334. The van der Waals surface area contributed by atoms with E-state index in [4.69, 9.17) is 16.3 Å². The Labute approximate surface area is 117 Å². The van der Waals surface area contributed by atoms with E-state index >= 15 is 0 Å². The lowest BCUT2D eigenvalue weighted by Crippen LogP contribution is -2.62. The van der Waals surface area contributed by atoms with Crippen molar-refractivity contribution in [3.8, 4) is 6.01 Å². The summed E-state index contributed by atoms with van der Waals surface area (Å²) in [6.45, 7) is 6.67. The molecular weight excluding hydrogens is 266 g/mol.